The summed E-state index contributed by atoms with van der Waals surface area (Å²) in [7, 11) is 5.71. The Balaban J connectivity index is 0.000000178. The van der Waals surface area contributed by atoms with Gasteiger partial charge in [0, 0.05) is 119 Å². The fraction of sp³-hybridized carbons (Fsp3) is 0.431. The van der Waals surface area contributed by atoms with Gasteiger partial charge >= 0.3 is 6.09 Å². The van der Waals surface area contributed by atoms with Crippen LogP contribution in [-0.4, -0.2) is 118 Å². The summed E-state index contributed by atoms with van der Waals surface area (Å²) in [5, 5.41) is 15.1. The van der Waals surface area contributed by atoms with Crippen molar-refractivity contribution < 1.29 is 23.0 Å². The number of halogens is 4. The molecule has 4 bridgehead atoms. The maximum Gasteiger partial charge on any atom is 0.407 e. The third-order valence-electron chi connectivity index (χ3n) is 16.9. The number of H-pyrrole nitrogens is 1. The molecule has 13 rings (SSSR count). The van der Waals surface area contributed by atoms with Crippen LogP contribution in [0.4, 0.5) is 25.5 Å². The van der Waals surface area contributed by atoms with E-state index in [4.69, 9.17) is 48.4 Å². The highest BCUT2D eigenvalue weighted by Crippen LogP contribution is 2.44. The monoisotopic (exact) mass is 1170 g/mol. The lowest BCUT2D eigenvalue weighted by Gasteiger charge is -2.42. The van der Waals surface area contributed by atoms with Crippen LogP contribution in [-0.2, 0) is 51.0 Å². The fourth-order valence-electron chi connectivity index (χ4n) is 12.8. The molecule has 82 heavy (non-hydrogen) atoms. The highest BCUT2D eigenvalue weighted by Gasteiger charge is 2.51. The first-order valence-corrected chi connectivity index (χ1v) is 32.3. The van der Waals surface area contributed by atoms with Gasteiger partial charge in [-0.3, -0.25) is 28.1 Å². The predicted molar refractivity (Wildman–Crippen MR) is 319 cm³/mol. The zero-order valence-electron chi connectivity index (χ0n) is 46.7. The van der Waals surface area contributed by atoms with Crippen LogP contribution in [0.15, 0.2) is 89.0 Å². The third-order valence-corrected chi connectivity index (χ3v) is 19.4. The molecular formula is C58H66Cl2F2N14O5Si. The molecule has 0 unspecified atom stereocenters. The van der Waals surface area contributed by atoms with Gasteiger partial charge < -0.3 is 39.9 Å². The van der Waals surface area contributed by atoms with E-state index in [0.717, 1.165) is 45.4 Å². The van der Waals surface area contributed by atoms with E-state index in [-0.39, 0.29) is 42.6 Å². The Morgan fingerprint density at radius 1 is 0.744 bits per heavy atom. The van der Waals surface area contributed by atoms with Crippen molar-refractivity contribution in [1.29, 1.82) is 0 Å². The molecule has 0 saturated carbocycles. The van der Waals surface area contributed by atoms with Crippen LogP contribution in [0.1, 0.15) is 44.1 Å². The van der Waals surface area contributed by atoms with Gasteiger partial charge in [-0.2, -0.15) is 20.2 Å². The number of piperidine rings is 2. The lowest BCUT2D eigenvalue weighted by molar-refractivity contribution is 0.0899. The van der Waals surface area contributed by atoms with E-state index < -0.39 is 44.6 Å². The molecule has 8 atom stereocenters. The zero-order valence-corrected chi connectivity index (χ0v) is 49.3. The molecular weight excluding hydrogens is 1110 g/mol. The molecule has 0 aliphatic carbocycles. The van der Waals surface area contributed by atoms with Gasteiger partial charge in [-0.15, -0.1) is 0 Å². The van der Waals surface area contributed by atoms with Crippen molar-refractivity contribution in [2.45, 2.75) is 126 Å². The number of amides is 1. The number of alkyl halides is 2. The first kappa shape index (κ1) is 55.4. The summed E-state index contributed by atoms with van der Waals surface area (Å²) in [6, 6.07) is 15.8. The maximum absolute atomic E-state index is 16.3. The largest absolute Gasteiger partial charge is 0.445 e. The molecule has 4 N–H and O–H groups in total. The Kier molecular flexibility index (Phi) is 14.6. The van der Waals surface area contributed by atoms with Gasteiger partial charge in [-0.1, -0.05) is 85.3 Å². The number of aromatic amines is 1. The number of benzene rings is 3. The minimum atomic E-state index is -1.39. The van der Waals surface area contributed by atoms with Gasteiger partial charge in [0.15, 0.2) is 5.65 Å². The summed E-state index contributed by atoms with van der Waals surface area (Å²) < 4.78 is 51.0. The first-order valence-electron chi connectivity index (χ1n) is 27.8. The third kappa shape index (κ3) is 9.92. The van der Waals surface area contributed by atoms with E-state index in [0.29, 0.717) is 99.4 Å². The second-order valence-electron chi connectivity index (χ2n) is 23.6. The van der Waals surface area contributed by atoms with E-state index in [1.807, 2.05) is 102 Å². The van der Waals surface area contributed by atoms with Crippen LogP contribution in [0.5, 0.6) is 0 Å². The average molecular weight is 1180 g/mol. The van der Waals surface area contributed by atoms with Crippen LogP contribution >= 0.6 is 23.2 Å². The number of anilines is 2. The van der Waals surface area contributed by atoms with Crippen LogP contribution < -0.4 is 32.0 Å². The topological polar surface area (TPSA) is 206 Å². The van der Waals surface area contributed by atoms with Gasteiger partial charge in [0.05, 0.1) is 50.0 Å². The van der Waals surface area contributed by atoms with Gasteiger partial charge in [-0.05, 0) is 62.3 Å². The molecule has 6 aromatic heterocycles. The number of rotatable bonds is 12. The first-order chi connectivity index (χ1) is 39.2. The highest BCUT2D eigenvalue weighted by molar-refractivity contribution is 6.76. The SMILES string of the molecule is Cn1cc2c(Cl)c(-c3c[nH]c4nc(N5[C@H]6CC[C@@H]5[C@@H](F)[C@H](N)C6)n(C)c(=O)c34)ccc2n1.Cn1cc2c(Cl)c(-c3cn(COCC[Si](C)(C)C)c4nc(N5[C@H]6CC[C@@H]5[C@@H](F)[C@H](NC(=O)OCc5ccccc5)C6)n(C)c(=O)c34)ccc2n1. The summed E-state index contributed by atoms with van der Waals surface area (Å²) in [5.41, 5.74) is 11.6. The number of nitrogens with zero attached hydrogens (tertiary/aromatic N) is 11. The van der Waals surface area contributed by atoms with Crippen LogP contribution in [0.25, 0.3) is 66.1 Å². The van der Waals surface area contributed by atoms with Gasteiger partial charge in [-0.25, -0.2) is 13.6 Å². The second kappa shape index (κ2) is 21.6. The summed E-state index contributed by atoms with van der Waals surface area (Å²) in [5.74, 6) is 0.872. The van der Waals surface area contributed by atoms with E-state index >= 15 is 4.39 Å². The summed E-state index contributed by atoms with van der Waals surface area (Å²) in [6.45, 7) is 7.79. The number of hydrogen-bond donors (Lipinski definition) is 3. The standard InChI is InChI=1S/C36H43ClFN7O4Si.C22H23ClFN7O/c1-42-18-26-27(41-42)13-12-24(31(26)37)25-19-44(21-48-15-16-50(3,4)5)33-30(25)34(46)43(2)35(40-33)45-23-11-14-29(45)32(38)28(17-23)39-36(47)49-20-22-9-7-6-8-10-22;1-29-9-13-15(28-29)5-4-11(18(13)23)12-8-26-20-17(12)21(32)30(2)22(27-20)31-10-3-6-16(31)19(24)14(25)7-10/h6-10,12-13,18-19,23,28-29,32H,11,14-17,20-21H2,1-5H3,(H,39,47);4-5,8-10,14,16,19,26H,3,6-7,25H2,1-2H3/t23-,28+,29+,32-;10-,14+,16+,19-/m00/s1. The highest BCUT2D eigenvalue weighted by atomic mass is 35.5. The van der Waals surface area contributed by atoms with Crippen LogP contribution in [0.3, 0.4) is 0 Å². The van der Waals surface area contributed by atoms with E-state index in [1.165, 1.54) is 9.13 Å². The van der Waals surface area contributed by atoms with Crippen molar-refractivity contribution in [2.75, 3.05) is 16.4 Å². The molecule has 3 aromatic carbocycles. The number of alkyl carbamates (subject to hydrolysis) is 1. The smallest absolute Gasteiger partial charge is 0.407 e. The van der Waals surface area contributed by atoms with Crippen molar-refractivity contribution in [1.82, 2.24) is 53.5 Å². The van der Waals surface area contributed by atoms with Crippen molar-refractivity contribution in [2.24, 2.45) is 33.9 Å². The van der Waals surface area contributed by atoms with E-state index in [9.17, 15) is 18.8 Å². The lowest BCUT2D eigenvalue weighted by atomic mass is 9.95. The molecule has 0 spiro atoms. The Morgan fingerprint density at radius 2 is 1.33 bits per heavy atom. The van der Waals surface area contributed by atoms with Crippen molar-refractivity contribution >= 4 is 93.1 Å². The van der Waals surface area contributed by atoms with Crippen LogP contribution in [0.2, 0.25) is 35.7 Å². The lowest BCUT2D eigenvalue weighted by Crippen LogP contribution is -2.59. The number of fused-ring (bicyclic) bond motifs is 8. The molecule has 10 heterocycles. The number of hydrogen-bond acceptors (Lipinski definition) is 12. The molecule has 4 aliphatic rings. The minimum Gasteiger partial charge on any atom is -0.445 e. The maximum atomic E-state index is 16.3. The van der Waals surface area contributed by atoms with Crippen LogP contribution in [0, 0.1) is 0 Å². The van der Waals surface area contributed by atoms with E-state index in [2.05, 4.69) is 40.1 Å². The Morgan fingerprint density at radius 3 is 1.96 bits per heavy atom. The van der Waals surface area contributed by atoms with Crippen molar-refractivity contribution in [3.63, 3.8) is 0 Å². The Bertz CT molecular complexity index is 4060. The second-order valence-corrected chi connectivity index (χ2v) is 30.0. The number of carbonyl (C=O) groups is 1. The minimum absolute atomic E-state index is 0.0921. The van der Waals surface area contributed by atoms with Gasteiger partial charge in [0.1, 0.15) is 31.3 Å². The summed E-state index contributed by atoms with van der Waals surface area (Å²) in [4.78, 5) is 57.5. The number of nitrogens with one attached hydrogen (secondary N) is 2. The molecule has 9 aromatic rings. The zero-order chi connectivity index (χ0) is 57.6. The van der Waals surface area contributed by atoms with E-state index in [1.54, 1.807) is 29.7 Å². The number of carbonyl (C=O) groups excluding carboxylic acids is 1. The van der Waals surface area contributed by atoms with Crippen molar-refractivity contribution in [3.05, 3.63) is 116 Å². The van der Waals surface area contributed by atoms with Gasteiger partial charge in [0.2, 0.25) is 11.9 Å². The fourth-order valence-corrected chi connectivity index (χ4v) is 14.1. The van der Waals surface area contributed by atoms with Gasteiger partial charge in [0.25, 0.3) is 11.1 Å². The molecule has 4 fully saturated rings. The molecule has 4 saturated heterocycles. The molecule has 430 valence electrons. The molecule has 1 amide bonds. The van der Waals surface area contributed by atoms with Crippen molar-refractivity contribution in [3.8, 4) is 22.3 Å². The quantitative estimate of drug-likeness (QED) is 0.0773. The number of ether oxygens (including phenoxy) is 2. The Hall–Kier alpha value is -7.11. The normalized spacial score (nSPS) is 22.4. The molecule has 19 nitrogen and oxygen atoms in total. The number of aromatic nitrogens is 10. The summed E-state index contributed by atoms with van der Waals surface area (Å²) in [6.07, 6.45) is 7.95. The molecule has 0 radical (unpaired) electrons. The molecule has 24 heteroatoms. The number of nitrogens with two attached hydrogens (primary N) is 1. The number of aryl methyl sites for hydroxylation is 2. The summed E-state index contributed by atoms with van der Waals surface area (Å²) >= 11 is 13.7. The average Bonchev–Trinajstić information content (AvgIpc) is 2.18. The molecule has 4 aliphatic heterocycles. The predicted octanol–water partition coefficient (Wildman–Crippen LogP) is 9.50. The Labute approximate surface area is 481 Å².